The summed E-state index contributed by atoms with van der Waals surface area (Å²) in [4.78, 5) is 13.3. The Morgan fingerprint density at radius 1 is 1.39 bits per heavy atom. The SMILES string of the molecule is CC(C)N(CCO)C(=O)c1cc(F)c(Cl)cc1F. The van der Waals surface area contributed by atoms with Crippen molar-refractivity contribution < 1.29 is 18.7 Å². The number of carbonyl (C=O) groups excluding carboxylic acids is 1. The van der Waals surface area contributed by atoms with Crippen LogP contribution in [0.1, 0.15) is 24.2 Å². The van der Waals surface area contributed by atoms with Gasteiger partial charge in [-0.05, 0) is 26.0 Å². The lowest BCUT2D eigenvalue weighted by atomic mass is 10.1. The molecule has 1 aromatic carbocycles. The number of nitrogens with zero attached hydrogens (tertiary/aromatic N) is 1. The van der Waals surface area contributed by atoms with Crippen LogP contribution in [0.25, 0.3) is 0 Å². The molecule has 0 fully saturated rings. The molecule has 1 amide bonds. The molecular weight excluding hydrogens is 264 g/mol. The van der Waals surface area contributed by atoms with Crippen molar-refractivity contribution in [3.63, 3.8) is 0 Å². The van der Waals surface area contributed by atoms with E-state index in [2.05, 4.69) is 0 Å². The predicted octanol–water partition coefficient (Wildman–Crippen LogP) is 2.46. The molecule has 0 saturated heterocycles. The van der Waals surface area contributed by atoms with Gasteiger partial charge in [0.15, 0.2) is 0 Å². The monoisotopic (exact) mass is 277 g/mol. The molecule has 0 saturated carbocycles. The van der Waals surface area contributed by atoms with Gasteiger partial charge in [-0.2, -0.15) is 0 Å². The molecule has 0 aliphatic carbocycles. The van der Waals surface area contributed by atoms with Crippen LogP contribution in [0, 0.1) is 11.6 Å². The first kappa shape index (κ1) is 14.9. The van der Waals surface area contributed by atoms with Gasteiger partial charge in [-0.1, -0.05) is 11.6 Å². The molecule has 0 unspecified atom stereocenters. The zero-order valence-electron chi connectivity index (χ0n) is 10.1. The van der Waals surface area contributed by atoms with Gasteiger partial charge in [0.1, 0.15) is 11.6 Å². The van der Waals surface area contributed by atoms with Crippen molar-refractivity contribution in [1.29, 1.82) is 0 Å². The summed E-state index contributed by atoms with van der Waals surface area (Å²) in [5.41, 5.74) is -0.390. The highest BCUT2D eigenvalue weighted by molar-refractivity contribution is 6.30. The highest BCUT2D eigenvalue weighted by atomic mass is 35.5. The first-order valence-electron chi connectivity index (χ1n) is 5.44. The lowest BCUT2D eigenvalue weighted by Gasteiger charge is -2.26. The van der Waals surface area contributed by atoms with Crippen LogP contribution in [0.5, 0.6) is 0 Å². The first-order chi connectivity index (χ1) is 8.38. The van der Waals surface area contributed by atoms with Gasteiger partial charge in [0.2, 0.25) is 0 Å². The first-order valence-corrected chi connectivity index (χ1v) is 5.82. The Bertz CT molecular complexity index is 452. The molecule has 18 heavy (non-hydrogen) atoms. The molecule has 0 aliphatic rings. The minimum atomic E-state index is -0.880. The van der Waals surface area contributed by atoms with Crippen molar-refractivity contribution in [1.82, 2.24) is 4.90 Å². The van der Waals surface area contributed by atoms with E-state index in [1.807, 2.05) is 0 Å². The lowest BCUT2D eigenvalue weighted by Crippen LogP contribution is -2.39. The number of halogens is 3. The number of carbonyl (C=O) groups is 1. The summed E-state index contributed by atoms with van der Waals surface area (Å²) in [6, 6.07) is 1.30. The topological polar surface area (TPSA) is 40.5 Å². The van der Waals surface area contributed by atoms with Gasteiger partial charge in [0.05, 0.1) is 17.2 Å². The van der Waals surface area contributed by atoms with E-state index in [-0.39, 0.29) is 29.8 Å². The van der Waals surface area contributed by atoms with Crippen molar-refractivity contribution in [3.05, 3.63) is 34.4 Å². The Hall–Kier alpha value is -1.20. The summed E-state index contributed by atoms with van der Waals surface area (Å²) >= 11 is 5.41. The zero-order chi connectivity index (χ0) is 13.9. The molecule has 1 rings (SSSR count). The van der Waals surface area contributed by atoms with Crippen LogP contribution in [0.2, 0.25) is 5.02 Å². The summed E-state index contributed by atoms with van der Waals surface area (Å²) in [5.74, 6) is -2.41. The fraction of sp³-hybridized carbons (Fsp3) is 0.417. The zero-order valence-corrected chi connectivity index (χ0v) is 10.8. The van der Waals surface area contributed by atoms with Crippen LogP contribution in [0.4, 0.5) is 8.78 Å². The van der Waals surface area contributed by atoms with E-state index in [1.165, 1.54) is 4.90 Å². The number of amides is 1. The van der Waals surface area contributed by atoms with Gasteiger partial charge in [0, 0.05) is 12.6 Å². The van der Waals surface area contributed by atoms with Gasteiger partial charge in [-0.25, -0.2) is 8.78 Å². The Balaban J connectivity index is 3.12. The smallest absolute Gasteiger partial charge is 0.257 e. The molecular formula is C12H14ClF2NO2. The number of benzene rings is 1. The van der Waals surface area contributed by atoms with Crippen LogP contribution in [0.3, 0.4) is 0 Å². The minimum Gasteiger partial charge on any atom is -0.395 e. The average Bonchev–Trinajstić information content (AvgIpc) is 2.29. The van der Waals surface area contributed by atoms with Crippen LogP contribution in [-0.4, -0.2) is 35.1 Å². The van der Waals surface area contributed by atoms with E-state index >= 15 is 0 Å². The molecule has 0 aromatic heterocycles. The van der Waals surface area contributed by atoms with Crippen molar-refractivity contribution >= 4 is 17.5 Å². The van der Waals surface area contributed by atoms with Crippen molar-refractivity contribution in [2.24, 2.45) is 0 Å². The van der Waals surface area contributed by atoms with Gasteiger partial charge in [0.25, 0.3) is 5.91 Å². The van der Waals surface area contributed by atoms with E-state index in [0.717, 1.165) is 12.1 Å². The molecule has 0 radical (unpaired) electrons. The van der Waals surface area contributed by atoms with Gasteiger partial charge < -0.3 is 10.0 Å². The standard InChI is InChI=1S/C12H14ClF2NO2/c1-7(2)16(3-4-17)12(18)8-5-11(15)9(13)6-10(8)14/h5-7,17H,3-4H2,1-2H3. The van der Waals surface area contributed by atoms with Crippen molar-refractivity contribution in [3.8, 4) is 0 Å². The maximum Gasteiger partial charge on any atom is 0.257 e. The number of aliphatic hydroxyl groups excluding tert-OH is 1. The number of hydrogen-bond acceptors (Lipinski definition) is 2. The molecule has 3 nitrogen and oxygen atoms in total. The van der Waals surface area contributed by atoms with Gasteiger partial charge in [-0.15, -0.1) is 0 Å². The maximum atomic E-state index is 13.6. The maximum absolute atomic E-state index is 13.6. The molecule has 0 bridgehead atoms. The van der Waals surface area contributed by atoms with E-state index in [1.54, 1.807) is 13.8 Å². The molecule has 6 heteroatoms. The van der Waals surface area contributed by atoms with Crippen LogP contribution < -0.4 is 0 Å². The normalized spacial score (nSPS) is 10.8. The van der Waals surface area contributed by atoms with Gasteiger partial charge >= 0.3 is 0 Å². The summed E-state index contributed by atoms with van der Waals surface area (Å²) in [6.07, 6.45) is 0. The fourth-order valence-electron chi connectivity index (χ4n) is 1.54. The second kappa shape index (κ2) is 6.11. The quantitative estimate of drug-likeness (QED) is 0.859. The predicted molar refractivity (Wildman–Crippen MR) is 64.6 cm³/mol. The Kier molecular flexibility index (Phi) is 5.04. The van der Waals surface area contributed by atoms with Crippen LogP contribution >= 0.6 is 11.6 Å². The highest BCUT2D eigenvalue weighted by Gasteiger charge is 2.22. The number of rotatable bonds is 4. The Labute approximate surface area is 109 Å². The summed E-state index contributed by atoms with van der Waals surface area (Å²) in [7, 11) is 0. The van der Waals surface area contributed by atoms with E-state index in [9.17, 15) is 13.6 Å². The third-order valence-electron chi connectivity index (χ3n) is 2.47. The summed E-state index contributed by atoms with van der Waals surface area (Å²) < 4.78 is 26.8. The number of aliphatic hydroxyl groups is 1. The highest BCUT2D eigenvalue weighted by Crippen LogP contribution is 2.21. The molecule has 1 aromatic rings. The molecule has 100 valence electrons. The summed E-state index contributed by atoms with van der Waals surface area (Å²) in [6.45, 7) is 3.25. The average molecular weight is 278 g/mol. The van der Waals surface area contributed by atoms with Gasteiger partial charge in [-0.3, -0.25) is 4.79 Å². The van der Waals surface area contributed by atoms with Crippen LogP contribution in [-0.2, 0) is 0 Å². The molecule has 0 atom stereocenters. The third-order valence-corrected chi connectivity index (χ3v) is 2.76. The number of hydrogen-bond donors (Lipinski definition) is 1. The second-order valence-corrected chi connectivity index (χ2v) is 4.47. The molecule has 0 aliphatic heterocycles. The Morgan fingerprint density at radius 2 is 2.00 bits per heavy atom. The lowest BCUT2D eigenvalue weighted by molar-refractivity contribution is 0.0660. The van der Waals surface area contributed by atoms with E-state index in [0.29, 0.717) is 0 Å². The minimum absolute atomic E-state index is 0.0557. The molecule has 0 spiro atoms. The molecule has 1 N–H and O–H groups in total. The van der Waals surface area contributed by atoms with Crippen molar-refractivity contribution in [2.75, 3.05) is 13.2 Å². The second-order valence-electron chi connectivity index (χ2n) is 4.06. The van der Waals surface area contributed by atoms with Crippen LogP contribution in [0.15, 0.2) is 12.1 Å². The Morgan fingerprint density at radius 3 is 2.50 bits per heavy atom. The third kappa shape index (κ3) is 3.17. The summed E-state index contributed by atoms with van der Waals surface area (Å²) in [5, 5.41) is 8.49. The van der Waals surface area contributed by atoms with Crippen molar-refractivity contribution in [2.45, 2.75) is 19.9 Å². The molecule has 0 heterocycles. The fourth-order valence-corrected chi connectivity index (χ4v) is 1.69. The van der Waals surface area contributed by atoms with E-state index < -0.39 is 17.5 Å². The van der Waals surface area contributed by atoms with E-state index in [4.69, 9.17) is 16.7 Å². The largest absolute Gasteiger partial charge is 0.395 e.